The molecule has 0 aromatic heterocycles. The molecule has 4 amide bonds. The number of amides is 4. The lowest BCUT2D eigenvalue weighted by Gasteiger charge is -2.26. The molecule has 0 saturated carbocycles. The van der Waals surface area contributed by atoms with Gasteiger partial charge in [0.25, 0.3) is 11.8 Å². The number of rotatable bonds is 6. The Balaban J connectivity index is 1.94. The lowest BCUT2D eigenvalue weighted by atomic mass is 9.98. The van der Waals surface area contributed by atoms with Gasteiger partial charge in [-0.05, 0) is 60.7 Å². The van der Waals surface area contributed by atoms with Crippen molar-refractivity contribution in [2.45, 2.75) is 33.1 Å². The van der Waals surface area contributed by atoms with Crippen molar-refractivity contribution in [3.8, 4) is 11.5 Å². The lowest BCUT2D eigenvalue weighted by molar-refractivity contribution is -0.122. The number of urea groups is 1. The van der Waals surface area contributed by atoms with Gasteiger partial charge in [0.15, 0.2) is 11.5 Å². The number of phenols is 1. The Morgan fingerprint density at radius 3 is 2.43 bits per heavy atom. The van der Waals surface area contributed by atoms with E-state index in [4.69, 9.17) is 4.74 Å². The number of barbiturate groups is 1. The SMILES string of the molecule is CCOc1cc(/C=C2\C(=O)NC(=O)N(c3ccc([C@H](C)CC)cc3)C2=O)ccc1O. The molecule has 3 rings (SSSR count). The fourth-order valence-electron chi connectivity index (χ4n) is 3.14. The number of anilines is 1. The number of nitrogens with one attached hydrogen (secondary N) is 1. The van der Waals surface area contributed by atoms with Crippen molar-refractivity contribution in [1.29, 1.82) is 0 Å². The van der Waals surface area contributed by atoms with Crippen molar-refractivity contribution in [3.05, 3.63) is 59.2 Å². The molecule has 1 atom stereocenters. The van der Waals surface area contributed by atoms with E-state index in [0.717, 1.165) is 16.9 Å². The van der Waals surface area contributed by atoms with Crippen LogP contribution in [0.25, 0.3) is 6.08 Å². The quantitative estimate of drug-likeness (QED) is 0.557. The summed E-state index contributed by atoms with van der Waals surface area (Å²) in [5.41, 5.74) is 1.78. The van der Waals surface area contributed by atoms with Gasteiger partial charge < -0.3 is 9.84 Å². The molecule has 0 radical (unpaired) electrons. The zero-order chi connectivity index (χ0) is 21.8. The van der Waals surface area contributed by atoms with Crippen LogP contribution in [0.2, 0.25) is 0 Å². The number of hydrogen-bond acceptors (Lipinski definition) is 5. The first kappa shape index (κ1) is 21.1. The lowest BCUT2D eigenvalue weighted by Crippen LogP contribution is -2.54. The fraction of sp³-hybridized carbons (Fsp3) is 0.261. The average Bonchev–Trinajstić information content (AvgIpc) is 2.73. The third-order valence-electron chi connectivity index (χ3n) is 5.03. The van der Waals surface area contributed by atoms with E-state index in [9.17, 15) is 19.5 Å². The maximum Gasteiger partial charge on any atom is 0.335 e. The number of aromatic hydroxyl groups is 1. The van der Waals surface area contributed by atoms with Crippen LogP contribution in [-0.4, -0.2) is 29.6 Å². The molecule has 1 aliphatic rings. The largest absolute Gasteiger partial charge is 0.504 e. The summed E-state index contributed by atoms with van der Waals surface area (Å²) in [6.45, 7) is 6.31. The summed E-state index contributed by atoms with van der Waals surface area (Å²) in [5.74, 6) is -0.939. The molecule has 0 spiro atoms. The maximum absolute atomic E-state index is 13.0. The van der Waals surface area contributed by atoms with Crippen LogP contribution >= 0.6 is 0 Å². The first-order chi connectivity index (χ1) is 14.3. The minimum absolute atomic E-state index is 0.0448. The highest BCUT2D eigenvalue weighted by Crippen LogP contribution is 2.29. The highest BCUT2D eigenvalue weighted by atomic mass is 16.5. The van der Waals surface area contributed by atoms with Crippen molar-refractivity contribution in [2.75, 3.05) is 11.5 Å². The number of hydrogen-bond donors (Lipinski definition) is 2. The number of carbonyl (C=O) groups excluding carboxylic acids is 3. The van der Waals surface area contributed by atoms with E-state index in [0.29, 0.717) is 23.8 Å². The van der Waals surface area contributed by atoms with Crippen LogP contribution in [0, 0.1) is 0 Å². The monoisotopic (exact) mass is 408 g/mol. The predicted octanol–water partition coefficient (Wildman–Crippen LogP) is 3.97. The highest BCUT2D eigenvalue weighted by molar-refractivity contribution is 6.39. The molecule has 1 fully saturated rings. The Morgan fingerprint density at radius 2 is 1.80 bits per heavy atom. The van der Waals surface area contributed by atoms with E-state index in [2.05, 4.69) is 19.2 Å². The van der Waals surface area contributed by atoms with E-state index in [1.807, 2.05) is 12.1 Å². The van der Waals surface area contributed by atoms with Gasteiger partial charge in [-0.2, -0.15) is 0 Å². The minimum atomic E-state index is -0.792. The van der Waals surface area contributed by atoms with Crippen molar-refractivity contribution < 1.29 is 24.2 Å². The number of ether oxygens (including phenoxy) is 1. The first-order valence-electron chi connectivity index (χ1n) is 9.82. The van der Waals surface area contributed by atoms with Gasteiger partial charge in [0, 0.05) is 0 Å². The summed E-state index contributed by atoms with van der Waals surface area (Å²) in [7, 11) is 0. The van der Waals surface area contributed by atoms with Gasteiger partial charge in [0.2, 0.25) is 0 Å². The molecule has 156 valence electrons. The first-order valence-corrected chi connectivity index (χ1v) is 9.82. The van der Waals surface area contributed by atoms with Crippen molar-refractivity contribution in [2.24, 2.45) is 0 Å². The standard InChI is InChI=1S/C23H24N2O5/c1-4-14(3)16-7-9-17(10-8-16)25-22(28)18(21(27)24-23(25)29)12-15-6-11-19(26)20(13-15)30-5-2/h6-14,26H,4-5H2,1-3H3,(H,24,27,29)/b18-12+/t14-/m1/s1. The molecular weight excluding hydrogens is 384 g/mol. The normalized spacial score (nSPS) is 16.6. The minimum Gasteiger partial charge on any atom is -0.504 e. The van der Waals surface area contributed by atoms with E-state index in [1.165, 1.54) is 18.2 Å². The number of imide groups is 2. The van der Waals surface area contributed by atoms with E-state index in [-0.39, 0.29) is 17.1 Å². The van der Waals surface area contributed by atoms with Gasteiger partial charge in [-0.3, -0.25) is 14.9 Å². The summed E-state index contributed by atoms with van der Waals surface area (Å²) < 4.78 is 5.34. The van der Waals surface area contributed by atoms with Gasteiger partial charge in [-0.1, -0.05) is 32.0 Å². The van der Waals surface area contributed by atoms with Crippen LogP contribution in [-0.2, 0) is 9.59 Å². The van der Waals surface area contributed by atoms with Crippen LogP contribution in [0.15, 0.2) is 48.0 Å². The molecule has 2 aromatic rings. The highest BCUT2D eigenvalue weighted by Gasteiger charge is 2.36. The molecular formula is C23H24N2O5. The molecule has 0 unspecified atom stereocenters. The zero-order valence-corrected chi connectivity index (χ0v) is 17.1. The Morgan fingerprint density at radius 1 is 1.10 bits per heavy atom. The number of nitrogens with zero attached hydrogens (tertiary/aromatic N) is 1. The topological polar surface area (TPSA) is 95.9 Å². The van der Waals surface area contributed by atoms with Gasteiger partial charge in [-0.25, -0.2) is 9.69 Å². The summed E-state index contributed by atoms with van der Waals surface area (Å²) in [5, 5.41) is 12.0. The molecule has 0 aliphatic carbocycles. The molecule has 2 N–H and O–H groups in total. The smallest absolute Gasteiger partial charge is 0.335 e. The molecule has 2 aromatic carbocycles. The molecule has 0 bridgehead atoms. The zero-order valence-electron chi connectivity index (χ0n) is 17.1. The molecule has 1 aliphatic heterocycles. The van der Waals surface area contributed by atoms with E-state index >= 15 is 0 Å². The van der Waals surface area contributed by atoms with Gasteiger partial charge in [-0.15, -0.1) is 0 Å². The van der Waals surface area contributed by atoms with E-state index in [1.54, 1.807) is 25.1 Å². The second-order valence-electron chi connectivity index (χ2n) is 7.02. The second kappa shape index (κ2) is 8.82. The number of benzene rings is 2. The maximum atomic E-state index is 13.0. The van der Waals surface area contributed by atoms with Gasteiger partial charge in [0.1, 0.15) is 5.57 Å². The third-order valence-corrected chi connectivity index (χ3v) is 5.03. The summed E-state index contributed by atoms with van der Waals surface area (Å²) in [4.78, 5) is 38.6. The Kier molecular flexibility index (Phi) is 6.20. The molecule has 1 heterocycles. The van der Waals surface area contributed by atoms with Crippen molar-refractivity contribution in [3.63, 3.8) is 0 Å². The molecule has 30 heavy (non-hydrogen) atoms. The van der Waals surface area contributed by atoms with Crippen LogP contribution < -0.4 is 15.0 Å². The Bertz CT molecular complexity index is 1010. The van der Waals surface area contributed by atoms with Crippen LogP contribution in [0.4, 0.5) is 10.5 Å². The summed E-state index contributed by atoms with van der Waals surface area (Å²) in [6, 6.07) is 10.8. The Labute approximate surface area is 175 Å². The average molecular weight is 408 g/mol. The van der Waals surface area contributed by atoms with Gasteiger partial charge in [0.05, 0.1) is 12.3 Å². The van der Waals surface area contributed by atoms with Crippen molar-refractivity contribution in [1.82, 2.24) is 5.32 Å². The number of phenolic OH excluding ortho intramolecular Hbond substituents is 1. The van der Waals surface area contributed by atoms with Crippen LogP contribution in [0.1, 0.15) is 44.2 Å². The molecule has 1 saturated heterocycles. The second-order valence-corrected chi connectivity index (χ2v) is 7.02. The predicted molar refractivity (Wildman–Crippen MR) is 113 cm³/mol. The van der Waals surface area contributed by atoms with Gasteiger partial charge >= 0.3 is 6.03 Å². The molecule has 7 nitrogen and oxygen atoms in total. The third kappa shape index (κ3) is 4.20. The summed E-state index contributed by atoms with van der Waals surface area (Å²) in [6.07, 6.45) is 2.34. The van der Waals surface area contributed by atoms with Crippen LogP contribution in [0.3, 0.4) is 0 Å². The summed E-state index contributed by atoms with van der Waals surface area (Å²) >= 11 is 0. The Hall–Kier alpha value is -3.61. The van der Waals surface area contributed by atoms with Crippen molar-refractivity contribution >= 4 is 29.6 Å². The fourth-order valence-corrected chi connectivity index (χ4v) is 3.14. The van der Waals surface area contributed by atoms with E-state index < -0.39 is 17.8 Å². The molecule has 7 heteroatoms. The van der Waals surface area contributed by atoms with Crippen LogP contribution in [0.5, 0.6) is 11.5 Å². The number of carbonyl (C=O) groups is 3.